The zero-order valence-electron chi connectivity index (χ0n) is 15.3. The second-order valence-corrected chi connectivity index (χ2v) is 8.64. The predicted octanol–water partition coefficient (Wildman–Crippen LogP) is 4.20. The van der Waals surface area contributed by atoms with E-state index < -0.39 is 0 Å². The van der Waals surface area contributed by atoms with Crippen molar-refractivity contribution in [3.8, 4) is 11.5 Å². The molecule has 1 fully saturated rings. The maximum absolute atomic E-state index is 13.0. The van der Waals surface area contributed by atoms with Crippen LogP contribution in [0.3, 0.4) is 0 Å². The van der Waals surface area contributed by atoms with Gasteiger partial charge in [-0.1, -0.05) is 30.0 Å². The summed E-state index contributed by atoms with van der Waals surface area (Å²) in [4.78, 5) is 17.5. The van der Waals surface area contributed by atoms with E-state index in [9.17, 15) is 4.79 Å². The zero-order chi connectivity index (χ0) is 19.3. The van der Waals surface area contributed by atoms with Crippen molar-refractivity contribution in [2.24, 2.45) is 0 Å². The van der Waals surface area contributed by atoms with Gasteiger partial charge in [0.1, 0.15) is 0 Å². The van der Waals surface area contributed by atoms with Gasteiger partial charge in [0, 0.05) is 25.3 Å². The van der Waals surface area contributed by atoms with Crippen molar-refractivity contribution < 1.29 is 14.3 Å². The van der Waals surface area contributed by atoms with Crippen LogP contribution in [0.15, 0.2) is 41.3 Å². The van der Waals surface area contributed by atoms with Crippen LogP contribution < -0.4 is 19.3 Å². The first-order valence-electron chi connectivity index (χ1n) is 9.12. The van der Waals surface area contributed by atoms with Gasteiger partial charge < -0.3 is 14.4 Å². The summed E-state index contributed by atoms with van der Waals surface area (Å²) in [5, 5.41) is 0. The molecule has 0 aromatic heterocycles. The largest absolute Gasteiger partial charge is 0.454 e. The third-order valence-corrected chi connectivity index (χ3v) is 6.46. The number of rotatable bonds is 2. The fraction of sp³-hybridized carbons (Fsp3) is 0.238. The number of aryl methyl sites for hydroxylation is 1. The van der Waals surface area contributed by atoms with Gasteiger partial charge in [0.2, 0.25) is 6.79 Å². The van der Waals surface area contributed by atoms with Gasteiger partial charge in [0.15, 0.2) is 15.8 Å². The lowest BCUT2D eigenvalue weighted by Gasteiger charge is -2.27. The molecule has 0 bridgehead atoms. The fourth-order valence-corrected chi connectivity index (χ4v) is 5.06. The van der Waals surface area contributed by atoms with Crippen molar-refractivity contribution in [2.75, 3.05) is 30.2 Å². The summed E-state index contributed by atoms with van der Waals surface area (Å²) in [6.07, 6.45) is 4.15. The minimum atomic E-state index is -0.108. The standard InChI is InChI=1S/C21H18N2O3S2/c1-22-8-2-3-14-9-13(4-6-16(14)22)10-19-20(24)23(21(27)28-19)15-5-7-17-18(11-15)26-12-25-17/h4-7,9-11H,2-3,8,12H2,1H3/b19-10+. The van der Waals surface area contributed by atoms with Gasteiger partial charge in [-0.15, -0.1) is 0 Å². The van der Waals surface area contributed by atoms with E-state index in [0.29, 0.717) is 26.4 Å². The van der Waals surface area contributed by atoms with Crippen LogP contribution in [-0.4, -0.2) is 30.6 Å². The molecule has 3 heterocycles. The van der Waals surface area contributed by atoms with Gasteiger partial charge in [-0.2, -0.15) is 0 Å². The topological polar surface area (TPSA) is 42.0 Å². The van der Waals surface area contributed by atoms with Gasteiger partial charge in [0.05, 0.1) is 10.6 Å². The van der Waals surface area contributed by atoms with E-state index in [0.717, 1.165) is 24.9 Å². The minimum absolute atomic E-state index is 0.108. The molecule has 0 unspecified atom stereocenters. The highest BCUT2D eigenvalue weighted by molar-refractivity contribution is 8.27. The summed E-state index contributed by atoms with van der Waals surface area (Å²) in [6.45, 7) is 1.28. The van der Waals surface area contributed by atoms with E-state index in [1.165, 1.54) is 23.0 Å². The zero-order valence-corrected chi connectivity index (χ0v) is 16.9. The van der Waals surface area contributed by atoms with Gasteiger partial charge in [0.25, 0.3) is 5.91 Å². The smallest absolute Gasteiger partial charge is 0.270 e. The van der Waals surface area contributed by atoms with Crippen LogP contribution in [0.5, 0.6) is 11.5 Å². The van der Waals surface area contributed by atoms with E-state index in [1.54, 1.807) is 17.0 Å². The van der Waals surface area contributed by atoms with Crippen molar-refractivity contribution >= 4 is 51.7 Å². The molecule has 0 N–H and O–H groups in total. The van der Waals surface area contributed by atoms with Crippen molar-refractivity contribution in [1.82, 2.24) is 0 Å². The molecule has 2 aromatic carbocycles. The van der Waals surface area contributed by atoms with Crippen molar-refractivity contribution in [3.05, 3.63) is 52.4 Å². The first kappa shape index (κ1) is 17.6. The third kappa shape index (κ3) is 2.95. The quantitative estimate of drug-likeness (QED) is 0.546. The number of fused-ring (bicyclic) bond motifs is 2. The van der Waals surface area contributed by atoms with Crippen molar-refractivity contribution in [3.63, 3.8) is 0 Å². The first-order chi connectivity index (χ1) is 13.6. The van der Waals surface area contributed by atoms with Crippen LogP contribution in [0.2, 0.25) is 0 Å². The Hall–Kier alpha value is -2.51. The van der Waals surface area contributed by atoms with Crippen LogP contribution in [0.1, 0.15) is 17.5 Å². The first-order valence-corrected chi connectivity index (χ1v) is 10.3. The average Bonchev–Trinajstić information content (AvgIpc) is 3.25. The highest BCUT2D eigenvalue weighted by Crippen LogP contribution is 2.41. The molecule has 5 nitrogen and oxygen atoms in total. The SMILES string of the molecule is CN1CCCc2cc(/C=C3/SC(=S)N(c4ccc5c(c4)OCO5)C3=O)ccc21. The minimum Gasteiger partial charge on any atom is -0.454 e. The van der Waals surface area contributed by atoms with E-state index in [4.69, 9.17) is 21.7 Å². The molecule has 0 saturated carbocycles. The summed E-state index contributed by atoms with van der Waals surface area (Å²) in [7, 11) is 2.12. The summed E-state index contributed by atoms with van der Waals surface area (Å²) in [5.41, 5.74) is 4.33. The van der Waals surface area contributed by atoms with E-state index >= 15 is 0 Å². The van der Waals surface area contributed by atoms with Gasteiger partial charge in [-0.3, -0.25) is 9.69 Å². The molecule has 3 aliphatic heterocycles. The molecule has 0 spiro atoms. The highest BCUT2D eigenvalue weighted by Gasteiger charge is 2.34. The van der Waals surface area contributed by atoms with Crippen molar-refractivity contribution in [1.29, 1.82) is 0 Å². The number of amides is 1. The summed E-state index contributed by atoms with van der Waals surface area (Å²) >= 11 is 6.81. The van der Waals surface area contributed by atoms with Crippen LogP contribution >= 0.6 is 24.0 Å². The number of thiocarbonyl (C=S) groups is 1. The van der Waals surface area contributed by atoms with Crippen LogP contribution in [0.25, 0.3) is 6.08 Å². The number of hydrogen-bond donors (Lipinski definition) is 0. The van der Waals surface area contributed by atoms with Gasteiger partial charge in [-0.25, -0.2) is 0 Å². The highest BCUT2D eigenvalue weighted by atomic mass is 32.2. The van der Waals surface area contributed by atoms with Crippen LogP contribution in [0, 0.1) is 0 Å². The number of nitrogens with zero attached hydrogens (tertiary/aromatic N) is 2. The number of carbonyl (C=O) groups excluding carboxylic acids is 1. The van der Waals surface area contributed by atoms with Crippen LogP contribution in [0.4, 0.5) is 11.4 Å². The summed E-state index contributed by atoms with van der Waals surface area (Å²) in [5.74, 6) is 1.21. The maximum Gasteiger partial charge on any atom is 0.270 e. The lowest BCUT2D eigenvalue weighted by molar-refractivity contribution is -0.113. The average molecular weight is 411 g/mol. The number of anilines is 2. The lowest BCUT2D eigenvalue weighted by Crippen LogP contribution is -2.27. The molecule has 142 valence electrons. The second kappa shape index (κ2) is 6.83. The Bertz CT molecular complexity index is 1030. The van der Waals surface area contributed by atoms with E-state index in [1.807, 2.05) is 12.1 Å². The monoisotopic (exact) mass is 410 g/mol. The molecular weight excluding hydrogens is 392 g/mol. The predicted molar refractivity (Wildman–Crippen MR) is 116 cm³/mol. The molecule has 1 amide bonds. The molecule has 0 aliphatic carbocycles. The number of hydrogen-bond acceptors (Lipinski definition) is 6. The lowest BCUT2D eigenvalue weighted by atomic mass is 9.99. The molecule has 1 saturated heterocycles. The Balaban J connectivity index is 1.44. The molecule has 7 heteroatoms. The maximum atomic E-state index is 13.0. The number of carbonyl (C=O) groups is 1. The Morgan fingerprint density at radius 1 is 1.14 bits per heavy atom. The van der Waals surface area contributed by atoms with E-state index in [2.05, 4.69) is 30.1 Å². The van der Waals surface area contributed by atoms with Gasteiger partial charge >= 0.3 is 0 Å². The third-order valence-electron chi connectivity index (χ3n) is 5.16. The number of benzene rings is 2. The molecule has 2 aromatic rings. The molecular formula is C21H18N2O3S2. The normalized spacial score (nSPS) is 19.5. The van der Waals surface area contributed by atoms with Gasteiger partial charge in [-0.05, 0) is 54.3 Å². The number of ether oxygens (including phenoxy) is 2. The molecule has 28 heavy (non-hydrogen) atoms. The van der Waals surface area contributed by atoms with E-state index in [-0.39, 0.29) is 12.7 Å². The Kier molecular flexibility index (Phi) is 4.29. The molecule has 0 radical (unpaired) electrons. The summed E-state index contributed by atoms with van der Waals surface area (Å²) < 4.78 is 11.3. The Labute approximate surface area is 172 Å². The Morgan fingerprint density at radius 2 is 2.00 bits per heavy atom. The summed E-state index contributed by atoms with van der Waals surface area (Å²) in [6, 6.07) is 11.8. The second-order valence-electron chi connectivity index (χ2n) is 6.97. The van der Waals surface area contributed by atoms with Crippen molar-refractivity contribution in [2.45, 2.75) is 12.8 Å². The number of thioether (sulfide) groups is 1. The molecule has 5 rings (SSSR count). The Morgan fingerprint density at radius 3 is 2.89 bits per heavy atom. The fourth-order valence-electron chi connectivity index (χ4n) is 3.76. The van der Waals surface area contributed by atoms with Crippen LogP contribution in [-0.2, 0) is 11.2 Å². The molecule has 0 atom stereocenters. The molecule has 3 aliphatic rings.